The molecule has 1 aliphatic carbocycles. The van der Waals surface area contributed by atoms with E-state index in [-0.39, 0.29) is 28.8 Å². The van der Waals surface area contributed by atoms with Gasteiger partial charge in [0.15, 0.2) is 11.5 Å². The monoisotopic (exact) mass is 588 g/mol. The largest absolute Gasteiger partial charge is 0.493 e. The maximum absolute atomic E-state index is 13.6. The van der Waals surface area contributed by atoms with E-state index in [0.717, 1.165) is 11.1 Å². The minimum absolute atomic E-state index is 0.199. The molecule has 11 heteroatoms. The lowest BCUT2D eigenvalue weighted by atomic mass is 9.95. The number of benzene rings is 2. The van der Waals surface area contributed by atoms with Crippen molar-refractivity contribution in [2.75, 3.05) is 37.3 Å². The van der Waals surface area contributed by atoms with Gasteiger partial charge in [0.05, 0.1) is 33.1 Å². The third kappa shape index (κ3) is 6.88. The number of nitrogens with one attached hydrogen (secondary N) is 4. The average molecular weight is 589 g/mol. The quantitative estimate of drug-likeness (QED) is 0.290. The first-order chi connectivity index (χ1) is 20.6. The Morgan fingerprint density at radius 3 is 2.19 bits per heavy atom. The summed E-state index contributed by atoms with van der Waals surface area (Å²) in [7, 11) is 4.61. The van der Waals surface area contributed by atoms with E-state index in [0.29, 0.717) is 52.6 Å². The van der Waals surface area contributed by atoms with E-state index in [1.807, 2.05) is 6.07 Å². The van der Waals surface area contributed by atoms with Crippen LogP contribution in [-0.2, 0) is 20.8 Å². The van der Waals surface area contributed by atoms with Crippen molar-refractivity contribution in [1.29, 1.82) is 0 Å². The maximum Gasteiger partial charge on any atom is 0.246 e. The Balaban J connectivity index is 1.74. The van der Waals surface area contributed by atoms with Crippen molar-refractivity contribution >= 4 is 34.8 Å². The standard InChI is InChI=1S/C32H36N4O7/c1-17(32(40)36-22-9-7-8-21(15-22)34-18(2)37)33-26-13-11-23-24(16-27(26)39)25(35-19(3)38)12-10-20-14-28(41-4)30(42-5)31(43-6)29(20)23/h7-9,11,13-17,25H,10,12H2,1-6H3,(H,33,39)(H,34,37)(H,35,38)(H,36,40)/t17-,25-/m0/s1. The second-order valence-electron chi connectivity index (χ2n) is 10.2. The summed E-state index contributed by atoms with van der Waals surface area (Å²) in [6, 6.07) is 12.3. The lowest BCUT2D eigenvalue weighted by Crippen LogP contribution is -2.33. The number of hydrogen-bond donors (Lipinski definition) is 4. The fourth-order valence-corrected chi connectivity index (χ4v) is 5.25. The molecule has 0 saturated carbocycles. The number of carbonyl (C=O) groups excluding carboxylic acids is 3. The molecule has 0 aromatic heterocycles. The van der Waals surface area contributed by atoms with Crippen LogP contribution in [0.3, 0.4) is 0 Å². The van der Waals surface area contributed by atoms with Gasteiger partial charge in [-0.05, 0) is 72.9 Å². The Bertz CT molecular complexity index is 1620. The molecule has 226 valence electrons. The first-order valence-corrected chi connectivity index (χ1v) is 13.8. The number of methoxy groups -OCH3 is 3. The zero-order valence-corrected chi connectivity index (χ0v) is 25.0. The van der Waals surface area contributed by atoms with Crippen LogP contribution in [0.25, 0.3) is 11.1 Å². The van der Waals surface area contributed by atoms with Crippen LogP contribution in [0.1, 0.15) is 44.4 Å². The molecule has 1 aliphatic rings. The van der Waals surface area contributed by atoms with E-state index >= 15 is 0 Å². The summed E-state index contributed by atoms with van der Waals surface area (Å²) in [4.78, 5) is 50.2. The summed E-state index contributed by atoms with van der Waals surface area (Å²) < 4.78 is 17.0. The smallest absolute Gasteiger partial charge is 0.246 e. The molecule has 0 aliphatic heterocycles. The normalized spacial score (nSPS) is 14.1. The predicted molar refractivity (Wildman–Crippen MR) is 165 cm³/mol. The van der Waals surface area contributed by atoms with Crippen LogP contribution in [0.5, 0.6) is 17.2 Å². The summed E-state index contributed by atoms with van der Waals surface area (Å²) in [5, 5.41) is 11.5. The molecule has 0 unspecified atom stereocenters. The summed E-state index contributed by atoms with van der Waals surface area (Å²) in [6.45, 7) is 4.47. The minimum Gasteiger partial charge on any atom is -0.493 e. The Hall–Kier alpha value is -5.06. The van der Waals surface area contributed by atoms with Gasteiger partial charge in [0.1, 0.15) is 6.04 Å². The molecule has 3 aromatic carbocycles. The van der Waals surface area contributed by atoms with Gasteiger partial charge in [-0.15, -0.1) is 0 Å². The SMILES string of the molecule is COc1cc2c(c(OC)c1OC)-c1ccc(N[C@@H](C)C(=O)Nc3cccc(NC(C)=O)c3)c(=O)cc1[C@@H](NC(C)=O)CC2. The van der Waals surface area contributed by atoms with Gasteiger partial charge in [0, 0.05) is 30.8 Å². The van der Waals surface area contributed by atoms with Gasteiger partial charge in [-0.1, -0.05) is 12.1 Å². The fraction of sp³-hybridized carbons (Fsp3) is 0.312. The van der Waals surface area contributed by atoms with Gasteiger partial charge < -0.3 is 35.5 Å². The van der Waals surface area contributed by atoms with E-state index < -0.39 is 12.1 Å². The topological polar surface area (TPSA) is 144 Å². The molecule has 3 aromatic rings. The molecule has 0 spiro atoms. The van der Waals surface area contributed by atoms with Gasteiger partial charge in [-0.2, -0.15) is 0 Å². The Kier molecular flexibility index (Phi) is 9.54. The number of carbonyl (C=O) groups is 3. The second kappa shape index (κ2) is 13.3. The van der Waals surface area contributed by atoms with Crippen molar-refractivity contribution in [3.05, 3.63) is 69.9 Å². The zero-order chi connectivity index (χ0) is 31.3. The highest BCUT2D eigenvalue weighted by Crippen LogP contribution is 2.50. The van der Waals surface area contributed by atoms with Crippen LogP contribution in [0.15, 0.2) is 53.3 Å². The number of aryl methyl sites for hydroxylation is 1. The Labute approximate surface area is 249 Å². The summed E-state index contributed by atoms with van der Waals surface area (Å²) in [6.07, 6.45) is 1.11. The van der Waals surface area contributed by atoms with E-state index in [1.165, 1.54) is 34.1 Å². The molecule has 0 bridgehead atoms. The molecule has 43 heavy (non-hydrogen) atoms. The summed E-state index contributed by atoms with van der Waals surface area (Å²) >= 11 is 0. The molecular weight excluding hydrogens is 552 g/mol. The van der Waals surface area contributed by atoms with Gasteiger partial charge in [0.25, 0.3) is 0 Å². The third-order valence-corrected chi connectivity index (χ3v) is 7.13. The van der Waals surface area contributed by atoms with Crippen LogP contribution >= 0.6 is 0 Å². The molecule has 0 fully saturated rings. The maximum atomic E-state index is 13.6. The molecule has 0 heterocycles. The van der Waals surface area contributed by atoms with Crippen molar-refractivity contribution in [2.24, 2.45) is 0 Å². The molecule has 4 rings (SSSR count). The van der Waals surface area contributed by atoms with E-state index in [4.69, 9.17) is 14.2 Å². The van der Waals surface area contributed by atoms with Gasteiger partial charge in [0.2, 0.25) is 28.9 Å². The minimum atomic E-state index is -0.795. The first-order valence-electron chi connectivity index (χ1n) is 13.8. The predicted octanol–water partition coefficient (Wildman–Crippen LogP) is 4.26. The van der Waals surface area contributed by atoms with Crippen molar-refractivity contribution in [2.45, 2.75) is 45.7 Å². The van der Waals surface area contributed by atoms with Crippen LogP contribution in [0.2, 0.25) is 0 Å². The van der Waals surface area contributed by atoms with Gasteiger partial charge in [-0.3, -0.25) is 19.2 Å². The first kappa shape index (κ1) is 30.9. The number of ether oxygens (including phenoxy) is 3. The van der Waals surface area contributed by atoms with Crippen molar-refractivity contribution < 1.29 is 28.6 Å². The lowest BCUT2D eigenvalue weighted by molar-refractivity contribution is -0.120. The van der Waals surface area contributed by atoms with Crippen LogP contribution < -0.4 is 40.9 Å². The highest BCUT2D eigenvalue weighted by molar-refractivity contribution is 5.97. The number of anilines is 3. The van der Waals surface area contributed by atoms with E-state index in [2.05, 4.69) is 21.3 Å². The van der Waals surface area contributed by atoms with E-state index in [1.54, 1.807) is 50.4 Å². The van der Waals surface area contributed by atoms with Crippen LogP contribution in [-0.4, -0.2) is 45.1 Å². The molecule has 0 radical (unpaired) electrons. The summed E-state index contributed by atoms with van der Waals surface area (Å²) in [5.41, 5.74) is 3.81. The van der Waals surface area contributed by atoms with Crippen LogP contribution in [0.4, 0.5) is 17.1 Å². The Morgan fingerprint density at radius 1 is 0.860 bits per heavy atom. The molecular formula is C32H36N4O7. The highest BCUT2D eigenvalue weighted by atomic mass is 16.5. The van der Waals surface area contributed by atoms with Gasteiger partial charge >= 0.3 is 0 Å². The van der Waals surface area contributed by atoms with Crippen LogP contribution in [0, 0.1) is 0 Å². The number of fused-ring (bicyclic) bond motifs is 3. The molecule has 3 amide bonds. The van der Waals surface area contributed by atoms with E-state index in [9.17, 15) is 19.2 Å². The average Bonchev–Trinajstić information content (AvgIpc) is 3.20. The molecule has 11 nitrogen and oxygen atoms in total. The Morgan fingerprint density at radius 2 is 1.56 bits per heavy atom. The van der Waals surface area contributed by atoms with Crippen molar-refractivity contribution in [3.63, 3.8) is 0 Å². The highest BCUT2D eigenvalue weighted by Gasteiger charge is 2.29. The second-order valence-corrected chi connectivity index (χ2v) is 10.2. The molecule has 2 atom stereocenters. The van der Waals surface area contributed by atoms with Crippen molar-refractivity contribution in [3.8, 4) is 28.4 Å². The van der Waals surface area contributed by atoms with Gasteiger partial charge in [-0.25, -0.2) is 0 Å². The van der Waals surface area contributed by atoms with Crippen molar-refractivity contribution in [1.82, 2.24) is 5.32 Å². The lowest BCUT2D eigenvalue weighted by Gasteiger charge is -2.19. The summed E-state index contributed by atoms with van der Waals surface area (Å²) in [5.74, 6) is 0.529. The third-order valence-electron chi connectivity index (χ3n) is 7.13. The zero-order valence-electron chi connectivity index (χ0n) is 25.0. The number of rotatable bonds is 9. The fourth-order valence-electron chi connectivity index (χ4n) is 5.25. The number of amides is 3. The molecule has 0 saturated heterocycles. The number of hydrogen-bond acceptors (Lipinski definition) is 8. The molecule has 4 N–H and O–H groups in total.